The fourth-order valence-electron chi connectivity index (χ4n) is 1.86. The molecule has 0 unspecified atom stereocenters. The summed E-state index contributed by atoms with van der Waals surface area (Å²) in [5.74, 6) is 0.663. The number of hydrogen-bond acceptors (Lipinski definition) is 3. The van der Waals surface area contributed by atoms with Crippen LogP contribution >= 0.6 is 55.7 Å². The van der Waals surface area contributed by atoms with Crippen molar-refractivity contribution < 1.29 is 4.74 Å². The Hall–Kier alpha value is -1.39. The zero-order valence-electron chi connectivity index (χ0n) is 12.2. The molecule has 0 spiro atoms. The molecule has 0 aliphatic carbocycles. The maximum atomic E-state index is 9.04. The predicted molar refractivity (Wildman–Crippen MR) is 108 cm³/mol. The van der Waals surface area contributed by atoms with Crippen LogP contribution in [0, 0.1) is 11.3 Å². The van der Waals surface area contributed by atoms with Crippen LogP contribution in [-0.2, 0) is 6.61 Å². The minimum Gasteiger partial charge on any atom is -0.487 e. The first kappa shape index (κ1) is 18.9. The Labute approximate surface area is 167 Å². The number of benzene rings is 2. The Morgan fingerprint density at radius 3 is 2.33 bits per heavy atom. The molecule has 0 radical (unpaired) electrons. The third-order valence-corrected chi connectivity index (χ3v) is 4.66. The molecule has 2 N–H and O–H groups in total. The first-order chi connectivity index (χ1) is 11.4. The predicted octanol–water partition coefficient (Wildman–Crippen LogP) is 5.64. The SMILES string of the molecule is N#C/C(=C\c1cc(Br)c(OCc2ccc(Cl)cc2)c(Br)c1)C(N)=S. The number of rotatable bonds is 5. The van der Waals surface area contributed by atoms with Gasteiger partial charge in [-0.1, -0.05) is 36.0 Å². The Morgan fingerprint density at radius 2 is 1.83 bits per heavy atom. The van der Waals surface area contributed by atoms with Gasteiger partial charge in [-0.15, -0.1) is 0 Å². The summed E-state index contributed by atoms with van der Waals surface area (Å²) in [6.45, 7) is 0.403. The molecule has 2 aromatic carbocycles. The zero-order chi connectivity index (χ0) is 17.7. The van der Waals surface area contributed by atoms with E-state index >= 15 is 0 Å². The Balaban J connectivity index is 2.22. The number of nitrogens with two attached hydrogens (primary N) is 1. The normalized spacial score (nSPS) is 11.0. The molecule has 24 heavy (non-hydrogen) atoms. The average Bonchev–Trinajstić information content (AvgIpc) is 2.53. The van der Waals surface area contributed by atoms with Crippen LogP contribution in [0.25, 0.3) is 6.08 Å². The van der Waals surface area contributed by atoms with Crippen LogP contribution in [0.2, 0.25) is 5.02 Å². The summed E-state index contributed by atoms with van der Waals surface area (Å²) in [7, 11) is 0. The molecule has 0 saturated heterocycles. The van der Waals surface area contributed by atoms with Gasteiger partial charge in [-0.05, 0) is 73.3 Å². The quantitative estimate of drug-likeness (QED) is 0.338. The largest absolute Gasteiger partial charge is 0.487 e. The maximum Gasteiger partial charge on any atom is 0.148 e. The maximum absolute atomic E-state index is 9.04. The molecule has 2 aromatic rings. The molecule has 0 saturated carbocycles. The molecule has 0 aliphatic heterocycles. The van der Waals surface area contributed by atoms with Crippen LogP contribution in [0.4, 0.5) is 0 Å². The topological polar surface area (TPSA) is 59.0 Å². The van der Waals surface area contributed by atoms with Gasteiger partial charge >= 0.3 is 0 Å². The molecule has 122 valence electrons. The van der Waals surface area contributed by atoms with Crippen molar-refractivity contribution in [2.75, 3.05) is 0 Å². The molecular weight excluding hydrogens is 476 g/mol. The third-order valence-electron chi connectivity index (χ3n) is 3.01. The minimum atomic E-state index is 0.0628. The van der Waals surface area contributed by atoms with Crippen molar-refractivity contribution in [1.82, 2.24) is 0 Å². The van der Waals surface area contributed by atoms with Gasteiger partial charge in [0.25, 0.3) is 0 Å². The van der Waals surface area contributed by atoms with Crippen LogP contribution in [0.5, 0.6) is 5.75 Å². The van der Waals surface area contributed by atoms with Crippen molar-refractivity contribution in [2.24, 2.45) is 5.73 Å². The summed E-state index contributed by atoms with van der Waals surface area (Å²) in [4.78, 5) is 0.0628. The monoisotopic (exact) mass is 484 g/mol. The van der Waals surface area contributed by atoms with E-state index in [-0.39, 0.29) is 10.6 Å². The van der Waals surface area contributed by atoms with E-state index in [1.807, 2.05) is 42.5 Å². The fourth-order valence-corrected chi connectivity index (χ4v) is 3.54. The van der Waals surface area contributed by atoms with Crippen molar-refractivity contribution in [3.05, 3.63) is 67.1 Å². The summed E-state index contributed by atoms with van der Waals surface area (Å²) >= 11 is 17.7. The van der Waals surface area contributed by atoms with Crippen LogP contribution in [0.3, 0.4) is 0 Å². The van der Waals surface area contributed by atoms with E-state index in [0.717, 1.165) is 20.1 Å². The van der Waals surface area contributed by atoms with Crippen LogP contribution in [0.1, 0.15) is 11.1 Å². The van der Waals surface area contributed by atoms with Gasteiger partial charge < -0.3 is 10.5 Å². The van der Waals surface area contributed by atoms with E-state index in [0.29, 0.717) is 17.4 Å². The molecule has 0 amide bonds. The summed E-state index contributed by atoms with van der Waals surface area (Å²) in [6.07, 6.45) is 1.63. The molecule has 0 aliphatic rings. The number of nitriles is 1. The van der Waals surface area contributed by atoms with Crippen molar-refractivity contribution >= 4 is 66.7 Å². The van der Waals surface area contributed by atoms with E-state index in [1.165, 1.54) is 0 Å². The highest BCUT2D eigenvalue weighted by Crippen LogP contribution is 2.36. The number of thiocarbonyl (C=S) groups is 1. The van der Waals surface area contributed by atoms with E-state index in [2.05, 4.69) is 31.9 Å². The first-order valence-electron chi connectivity index (χ1n) is 6.68. The van der Waals surface area contributed by atoms with Crippen LogP contribution in [0.15, 0.2) is 50.9 Å². The van der Waals surface area contributed by atoms with E-state index in [9.17, 15) is 0 Å². The molecule has 3 nitrogen and oxygen atoms in total. The van der Waals surface area contributed by atoms with E-state index in [1.54, 1.807) is 6.08 Å². The lowest BCUT2D eigenvalue weighted by Gasteiger charge is -2.12. The van der Waals surface area contributed by atoms with Gasteiger partial charge in [-0.2, -0.15) is 5.26 Å². The molecule has 7 heteroatoms. The highest BCUT2D eigenvalue weighted by molar-refractivity contribution is 9.11. The van der Waals surface area contributed by atoms with Gasteiger partial charge in [-0.3, -0.25) is 0 Å². The van der Waals surface area contributed by atoms with Gasteiger partial charge in [0.1, 0.15) is 23.4 Å². The third kappa shape index (κ3) is 5.05. The Bertz CT molecular complexity index is 822. The second-order valence-corrected chi connectivity index (χ2v) is 7.35. The van der Waals surface area contributed by atoms with E-state index in [4.69, 9.17) is 39.6 Å². The lowest BCUT2D eigenvalue weighted by atomic mass is 10.1. The number of halogens is 3. The van der Waals surface area contributed by atoms with Crippen LogP contribution < -0.4 is 10.5 Å². The Morgan fingerprint density at radius 1 is 1.25 bits per heavy atom. The lowest BCUT2D eigenvalue weighted by Crippen LogP contribution is -2.09. The minimum absolute atomic E-state index is 0.0628. The van der Waals surface area contributed by atoms with Crippen LogP contribution in [-0.4, -0.2) is 4.99 Å². The molecular formula is C17H11Br2ClN2OS. The van der Waals surface area contributed by atoms with Gasteiger partial charge in [0.05, 0.1) is 14.5 Å². The summed E-state index contributed by atoms with van der Waals surface area (Å²) in [5.41, 5.74) is 7.53. The zero-order valence-corrected chi connectivity index (χ0v) is 17.0. The van der Waals surface area contributed by atoms with Gasteiger partial charge in [-0.25, -0.2) is 0 Å². The summed E-state index contributed by atoms with van der Waals surface area (Å²) in [5, 5.41) is 9.72. The van der Waals surface area contributed by atoms with Crippen molar-refractivity contribution in [2.45, 2.75) is 6.61 Å². The second-order valence-electron chi connectivity index (χ2n) is 4.76. The molecule has 0 bridgehead atoms. The summed E-state index contributed by atoms with van der Waals surface area (Å²) in [6, 6.07) is 13.1. The van der Waals surface area contributed by atoms with Gasteiger partial charge in [0, 0.05) is 5.02 Å². The standard InChI is InChI=1S/C17H11Br2ClN2OS/c18-14-6-11(5-12(8-21)17(22)24)7-15(19)16(14)23-9-10-1-3-13(20)4-2-10/h1-7H,9H2,(H2,22,24)/b12-5+. The molecule has 0 heterocycles. The van der Waals surface area contributed by atoms with E-state index < -0.39 is 0 Å². The molecule has 2 rings (SSSR count). The van der Waals surface area contributed by atoms with Crippen molar-refractivity contribution in [3.8, 4) is 11.8 Å². The fraction of sp³-hybridized carbons (Fsp3) is 0.0588. The number of hydrogen-bond donors (Lipinski definition) is 1. The first-order valence-corrected chi connectivity index (χ1v) is 9.06. The molecule has 0 fully saturated rings. The molecule has 0 atom stereocenters. The molecule has 0 aromatic heterocycles. The van der Waals surface area contributed by atoms with Gasteiger partial charge in [0.15, 0.2) is 0 Å². The van der Waals surface area contributed by atoms with Crippen molar-refractivity contribution in [3.63, 3.8) is 0 Å². The van der Waals surface area contributed by atoms with Crippen molar-refractivity contribution in [1.29, 1.82) is 5.26 Å². The van der Waals surface area contributed by atoms with Gasteiger partial charge in [0.2, 0.25) is 0 Å². The lowest BCUT2D eigenvalue weighted by molar-refractivity contribution is 0.302. The smallest absolute Gasteiger partial charge is 0.148 e. The number of nitrogens with zero attached hydrogens (tertiary/aromatic N) is 1. The highest BCUT2D eigenvalue weighted by atomic mass is 79.9. The number of ether oxygens (including phenoxy) is 1. The summed E-state index contributed by atoms with van der Waals surface area (Å²) < 4.78 is 7.35. The average molecular weight is 487 g/mol. The Kier molecular flexibility index (Phi) is 6.81. The second kappa shape index (κ2) is 8.63. The highest BCUT2D eigenvalue weighted by Gasteiger charge is 2.10.